The molecule has 0 radical (unpaired) electrons. The van der Waals surface area contributed by atoms with E-state index in [0.29, 0.717) is 23.7 Å². The molecule has 1 aliphatic rings. The van der Waals surface area contributed by atoms with E-state index in [1.165, 1.54) is 11.3 Å². The highest BCUT2D eigenvalue weighted by atomic mass is 32.1. The Morgan fingerprint density at radius 2 is 1.56 bits per heavy atom. The first-order valence-electron chi connectivity index (χ1n) is 11.9. The van der Waals surface area contributed by atoms with Crippen molar-refractivity contribution in [2.24, 2.45) is 0 Å². The van der Waals surface area contributed by atoms with Gasteiger partial charge < -0.3 is 9.80 Å². The molecule has 0 spiro atoms. The molecular formula is C28H27N5O2S. The highest BCUT2D eigenvalue weighted by Gasteiger charge is 2.35. The van der Waals surface area contributed by atoms with Crippen molar-refractivity contribution in [3.05, 3.63) is 84.4 Å². The van der Waals surface area contributed by atoms with Gasteiger partial charge in [0.25, 0.3) is 5.91 Å². The molecule has 1 aliphatic heterocycles. The van der Waals surface area contributed by atoms with Gasteiger partial charge in [-0.05, 0) is 60.4 Å². The molecule has 1 fully saturated rings. The molecule has 0 saturated carbocycles. The number of anilines is 2. The van der Waals surface area contributed by atoms with Gasteiger partial charge in [-0.1, -0.05) is 53.8 Å². The summed E-state index contributed by atoms with van der Waals surface area (Å²) < 4.78 is 0. The Morgan fingerprint density at radius 1 is 0.889 bits per heavy atom. The van der Waals surface area contributed by atoms with Crippen LogP contribution in [0.1, 0.15) is 23.2 Å². The molecular weight excluding hydrogens is 470 g/mol. The highest BCUT2D eigenvalue weighted by molar-refractivity contribution is 7.18. The fourth-order valence-electron chi connectivity index (χ4n) is 4.37. The molecule has 2 heterocycles. The van der Waals surface area contributed by atoms with E-state index in [9.17, 15) is 9.59 Å². The van der Waals surface area contributed by atoms with Gasteiger partial charge in [0.15, 0.2) is 0 Å². The average molecular weight is 498 g/mol. The number of hydrogen-bond donors (Lipinski definition) is 1. The summed E-state index contributed by atoms with van der Waals surface area (Å²) in [6, 6.07) is 25.1. The van der Waals surface area contributed by atoms with Crippen LogP contribution in [0.15, 0.2) is 78.9 Å². The van der Waals surface area contributed by atoms with E-state index in [2.05, 4.69) is 15.5 Å². The molecule has 1 unspecified atom stereocenters. The molecule has 3 aromatic carbocycles. The van der Waals surface area contributed by atoms with Crippen LogP contribution in [0.4, 0.5) is 10.8 Å². The molecule has 0 aliphatic carbocycles. The topological polar surface area (TPSA) is 78.4 Å². The van der Waals surface area contributed by atoms with Gasteiger partial charge >= 0.3 is 0 Å². The first-order valence-corrected chi connectivity index (χ1v) is 12.7. The normalized spacial score (nSPS) is 15.1. The summed E-state index contributed by atoms with van der Waals surface area (Å²) >= 11 is 1.32. The zero-order valence-electron chi connectivity index (χ0n) is 20.2. The van der Waals surface area contributed by atoms with Crippen LogP contribution >= 0.6 is 11.3 Å². The van der Waals surface area contributed by atoms with Crippen molar-refractivity contribution in [1.82, 2.24) is 15.1 Å². The summed E-state index contributed by atoms with van der Waals surface area (Å²) in [5, 5.41) is 12.4. The molecule has 5 rings (SSSR count). The Bertz CT molecular complexity index is 1350. The van der Waals surface area contributed by atoms with E-state index >= 15 is 0 Å². The molecule has 1 aromatic heterocycles. The standard InChI is InChI=1S/C28H27N5O2S/c1-32(2)23-16-14-21(15-17-23)26-30-31-28(36-26)29-25(34)24-9-6-18-33(24)27(35)22-12-10-20(11-13-22)19-7-4-3-5-8-19/h3-5,7-8,10-17,24H,6,9,18H2,1-2H3,(H,29,31,34). The van der Waals surface area contributed by atoms with Crippen LogP contribution in [0.3, 0.4) is 0 Å². The van der Waals surface area contributed by atoms with E-state index in [4.69, 9.17) is 0 Å². The van der Waals surface area contributed by atoms with Gasteiger partial charge in [-0.25, -0.2) is 0 Å². The SMILES string of the molecule is CN(C)c1ccc(-c2nnc(NC(=O)C3CCCN3C(=O)c3ccc(-c4ccccc4)cc3)s2)cc1. The largest absolute Gasteiger partial charge is 0.378 e. The number of carbonyl (C=O) groups is 2. The van der Waals surface area contributed by atoms with Gasteiger partial charge in [-0.2, -0.15) is 0 Å². The third-order valence-corrected chi connectivity index (χ3v) is 7.23. The zero-order valence-corrected chi connectivity index (χ0v) is 21.0. The molecule has 4 aromatic rings. The monoisotopic (exact) mass is 497 g/mol. The highest BCUT2D eigenvalue weighted by Crippen LogP contribution is 2.29. The Morgan fingerprint density at radius 3 is 2.25 bits per heavy atom. The third-order valence-electron chi connectivity index (χ3n) is 6.34. The maximum Gasteiger partial charge on any atom is 0.254 e. The second-order valence-electron chi connectivity index (χ2n) is 8.94. The van der Waals surface area contributed by atoms with E-state index in [1.807, 2.05) is 97.9 Å². The summed E-state index contributed by atoms with van der Waals surface area (Å²) in [6.07, 6.45) is 1.41. The number of hydrogen-bond acceptors (Lipinski definition) is 6. The first-order chi connectivity index (χ1) is 17.5. The third kappa shape index (κ3) is 4.99. The smallest absolute Gasteiger partial charge is 0.254 e. The van der Waals surface area contributed by atoms with Crippen LogP contribution in [0, 0.1) is 0 Å². The number of likely N-dealkylation sites (tertiary alicyclic amines) is 1. The number of amides is 2. The quantitative estimate of drug-likeness (QED) is 0.397. The second kappa shape index (κ2) is 10.3. The van der Waals surface area contributed by atoms with Crippen molar-refractivity contribution >= 4 is 34.0 Å². The lowest BCUT2D eigenvalue weighted by Gasteiger charge is -2.23. The van der Waals surface area contributed by atoms with E-state index in [1.54, 1.807) is 4.90 Å². The van der Waals surface area contributed by atoms with Crippen LogP contribution in [0.2, 0.25) is 0 Å². The van der Waals surface area contributed by atoms with Gasteiger partial charge in [-0.3, -0.25) is 14.9 Å². The molecule has 7 nitrogen and oxygen atoms in total. The number of aromatic nitrogens is 2. The van der Waals surface area contributed by atoms with Crippen molar-refractivity contribution < 1.29 is 9.59 Å². The number of nitrogens with one attached hydrogen (secondary N) is 1. The van der Waals surface area contributed by atoms with Crippen LogP contribution in [-0.4, -0.2) is 53.6 Å². The Labute approximate surface area is 214 Å². The maximum atomic E-state index is 13.2. The van der Waals surface area contributed by atoms with Crippen molar-refractivity contribution in [3.8, 4) is 21.7 Å². The molecule has 8 heteroatoms. The number of nitrogens with zero attached hydrogens (tertiary/aromatic N) is 4. The minimum atomic E-state index is -0.530. The van der Waals surface area contributed by atoms with Crippen molar-refractivity contribution in [1.29, 1.82) is 0 Å². The average Bonchev–Trinajstić information content (AvgIpc) is 3.59. The summed E-state index contributed by atoms with van der Waals surface area (Å²) in [6.45, 7) is 0.553. The van der Waals surface area contributed by atoms with Crippen LogP contribution < -0.4 is 10.2 Å². The van der Waals surface area contributed by atoms with Crippen molar-refractivity contribution in [3.63, 3.8) is 0 Å². The van der Waals surface area contributed by atoms with Gasteiger partial charge in [0.2, 0.25) is 11.0 Å². The molecule has 2 amide bonds. The molecule has 1 atom stereocenters. The van der Waals surface area contributed by atoms with Crippen LogP contribution in [-0.2, 0) is 4.79 Å². The van der Waals surface area contributed by atoms with Gasteiger partial charge in [0.05, 0.1) is 0 Å². The lowest BCUT2D eigenvalue weighted by molar-refractivity contribution is -0.119. The molecule has 0 bridgehead atoms. The summed E-state index contributed by atoms with van der Waals surface area (Å²) in [5.41, 5.74) is 4.76. The van der Waals surface area contributed by atoms with Crippen LogP contribution in [0.5, 0.6) is 0 Å². The molecule has 36 heavy (non-hydrogen) atoms. The van der Waals surface area contributed by atoms with Crippen molar-refractivity contribution in [2.75, 3.05) is 30.9 Å². The lowest BCUT2D eigenvalue weighted by Crippen LogP contribution is -2.43. The lowest BCUT2D eigenvalue weighted by atomic mass is 10.0. The molecule has 1 saturated heterocycles. The maximum absolute atomic E-state index is 13.2. The first kappa shape index (κ1) is 23.7. The Hall–Kier alpha value is -4.04. The molecule has 182 valence electrons. The Balaban J connectivity index is 1.25. The second-order valence-corrected chi connectivity index (χ2v) is 9.92. The van der Waals surface area contributed by atoms with E-state index in [0.717, 1.165) is 33.8 Å². The minimum absolute atomic E-state index is 0.133. The Kier molecular flexibility index (Phi) is 6.77. The summed E-state index contributed by atoms with van der Waals surface area (Å²) in [7, 11) is 3.98. The van der Waals surface area contributed by atoms with Gasteiger partial charge in [0, 0.05) is 37.5 Å². The number of rotatable bonds is 6. The summed E-state index contributed by atoms with van der Waals surface area (Å²) in [5.74, 6) is -0.362. The van der Waals surface area contributed by atoms with Crippen LogP contribution in [0.25, 0.3) is 21.7 Å². The predicted octanol–water partition coefficient (Wildman–Crippen LogP) is 5.18. The van der Waals surface area contributed by atoms with Crippen molar-refractivity contribution in [2.45, 2.75) is 18.9 Å². The van der Waals surface area contributed by atoms with Gasteiger partial charge in [0.1, 0.15) is 11.0 Å². The van der Waals surface area contributed by atoms with Gasteiger partial charge in [-0.15, -0.1) is 10.2 Å². The predicted molar refractivity (Wildman–Crippen MR) is 144 cm³/mol. The minimum Gasteiger partial charge on any atom is -0.378 e. The van der Waals surface area contributed by atoms with E-state index in [-0.39, 0.29) is 11.8 Å². The summed E-state index contributed by atoms with van der Waals surface area (Å²) in [4.78, 5) is 30.0. The number of carbonyl (C=O) groups excluding carboxylic acids is 2. The fraction of sp³-hybridized carbons (Fsp3) is 0.214. The number of benzene rings is 3. The van der Waals surface area contributed by atoms with E-state index < -0.39 is 6.04 Å². The fourth-order valence-corrected chi connectivity index (χ4v) is 5.12. The zero-order chi connectivity index (χ0) is 25.1. The molecule has 1 N–H and O–H groups in total.